The highest BCUT2D eigenvalue weighted by Gasteiger charge is 2.71. The van der Waals surface area contributed by atoms with Gasteiger partial charge in [-0.15, -0.1) is 11.8 Å². The summed E-state index contributed by atoms with van der Waals surface area (Å²) in [4.78, 5) is 33.9. The molecule has 0 unspecified atom stereocenters. The first-order valence-electron chi connectivity index (χ1n) is 11.6. The average molecular weight is 513 g/mol. The Morgan fingerprint density at radius 3 is 2.20 bits per heavy atom. The number of aliphatic imine (C=N–C) groups is 1. The molecule has 1 aliphatic carbocycles. The van der Waals surface area contributed by atoms with E-state index in [-0.39, 0.29) is 5.97 Å². The third-order valence-corrected chi connectivity index (χ3v) is 10.6. The largest absolute Gasteiger partial charge is 0.497 e. The minimum absolute atomic E-state index is 0.386. The minimum atomic E-state index is -0.749. The van der Waals surface area contributed by atoms with E-state index in [4.69, 9.17) is 19.2 Å². The minimum Gasteiger partial charge on any atom is -0.497 e. The highest BCUT2D eigenvalue weighted by Crippen LogP contribution is 2.67. The summed E-state index contributed by atoms with van der Waals surface area (Å²) in [6.45, 7) is 0. The molecule has 2 heterocycles. The van der Waals surface area contributed by atoms with E-state index in [0.717, 1.165) is 42.0 Å². The summed E-state index contributed by atoms with van der Waals surface area (Å²) < 4.78 is 15.2. The molecule has 35 heavy (non-hydrogen) atoms. The summed E-state index contributed by atoms with van der Waals surface area (Å²) in [6.07, 6.45) is 3.74. The van der Waals surface area contributed by atoms with Crippen LogP contribution in [0.3, 0.4) is 0 Å². The summed E-state index contributed by atoms with van der Waals surface area (Å²) in [5.41, 5.74) is 1.24. The van der Waals surface area contributed by atoms with Crippen LogP contribution in [0.1, 0.15) is 31.2 Å². The molecule has 2 aromatic rings. The fourth-order valence-electron chi connectivity index (χ4n) is 5.39. The second-order valence-electron chi connectivity index (χ2n) is 8.82. The van der Waals surface area contributed by atoms with E-state index < -0.39 is 27.0 Å². The van der Waals surface area contributed by atoms with Crippen LogP contribution in [0.25, 0.3) is 0 Å². The Morgan fingerprint density at radius 2 is 1.60 bits per heavy atom. The first kappa shape index (κ1) is 24.1. The van der Waals surface area contributed by atoms with Crippen molar-refractivity contribution in [3.63, 3.8) is 0 Å². The predicted molar refractivity (Wildman–Crippen MR) is 139 cm³/mol. The molecule has 7 nitrogen and oxygen atoms in total. The molecule has 3 aliphatic rings. The Labute approximate surface area is 213 Å². The van der Waals surface area contributed by atoms with Crippen molar-refractivity contribution in [2.45, 2.75) is 46.7 Å². The lowest BCUT2D eigenvalue weighted by Gasteiger charge is -2.41. The zero-order valence-corrected chi connectivity index (χ0v) is 21.6. The number of thioether (sulfide) groups is 2. The van der Waals surface area contributed by atoms with Crippen molar-refractivity contribution in [2.75, 3.05) is 26.2 Å². The summed E-state index contributed by atoms with van der Waals surface area (Å²) in [5, 5.41) is 0.168. The molecule has 184 valence electrons. The number of rotatable bonds is 5. The maximum atomic E-state index is 13.6. The quantitative estimate of drug-likeness (QED) is 0.543. The lowest BCUT2D eigenvalue weighted by Crippen LogP contribution is -2.58. The Kier molecular flexibility index (Phi) is 6.48. The number of anilines is 1. The highest BCUT2D eigenvalue weighted by atomic mass is 32.2. The van der Waals surface area contributed by atoms with Crippen LogP contribution in [0.4, 0.5) is 5.69 Å². The zero-order chi connectivity index (χ0) is 24.6. The summed E-state index contributed by atoms with van der Waals surface area (Å²) in [6, 6.07) is 16.7. The first-order chi connectivity index (χ1) is 17.0. The molecule has 0 N–H and O–H groups in total. The number of nitrogens with zero attached hydrogens (tertiary/aromatic N) is 2. The number of benzene rings is 2. The molecular formula is C26H28N2O5S2. The van der Waals surface area contributed by atoms with Crippen LogP contribution in [0.2, 0.25) is 0 Å². The van der Waals surface area contributed by atoms with Gasteiger partial charge in [0.1, 0.15) is 9.83 Å². The Hall–Kier alpha value is -2.65. The second-order valence-corrected chi connectivity index (χ2v) is 11.6. The molecule has 0 radical (unpaired) electrons. The number of fused-ring (bicyclic) bond motifs is 1. The van der Waals surface area contributed by atoms with Crippen LogP contribution in [0, 0.1) is 0 Å². The fourth-order valence-corrected chi connectivity index (χ4v) is 9.30. The molecule has 5 rings (SSSR count). The number of carbonyl (C=O) groups excluding carboxylic acids is 2. The van der Waals surface area contributed by atoms with Crippen molar-refractivity contribution < 1.29 is 23.8 Å². The second kappa shape index (κ2) is 9.43. The summed E-state index contributed by atoms with van der Waals surface area (Å²) in [7, 11) is 4.39. The van der Waals surface area contributed by atoms with Gasteiger partial charge in [-0.2, -0.15) is 0 Å². The number of carbonyl (C=O) groups is 2. The van der Waals surface area contributed by atoms with Gasteiger partial charge in [0.15, 0.2) is 11.4 Å². The van der Waals surface area contributed by atoms with Crippen molar-refractivity contribution in [2.24, 2.45) is 4.99 Å². The van der Waals surface area contributed by atoms with Crippen LogP contribution < -0.4 is 9.64 Å². The van der Waals surface area contributed by atoms with E-state index in [1.165, 1.54) is 26.0 Å². The molecule has 3 atom stereocenters. The van der Waals surface area contributed by atoms with E-state index in [2.05, 4.69) is 0 Å². The van der Waals surface area contributed by atoms with Crippen LogP contribution >= 0.6 is 23.5 Å². The summed E-state index contributed by atoms with van der Waals surface area (Å²) >= 11 is 3.08. The van der Waals surface area contributed by atoms with Crippen LogP contribution in [-0.2, 0) is 19.1 Å². The predicted octanol–water partition coefficient (Wildman–Crippen LogP) is 4.49. The van der Waals surface area contributed by atoms with Crippen molar-refractivity contribution in [1.29, 1.82) is 0 Å². The maximum Gasteiger partial charge on any atom is 0.339 e. The highest BCUT2D eigenvalue weighted by molar-refractivity contribution is 8.27. The third-order valence-electron chi connectivity index (χ3n) is 7.04. The Balaban J connectivity index is 1.68. The Morgan fingerprint density at radius 1 is 0.943 bits per heavy atom. The first-order valence-corrected chi connectivity index (χ1v) is 13.3. The Bertz CT molecular complexity index is 1130. The van der Waals surface area contributed by atoms with Gasteiger partial charge in [-0.25, -0.2) is 9.59 Å². The normalized spacial score (nSPS) is 26.7. The number of ether oxygens (including phenoxy) is 3. The van der Waals surface area contributed by atoms with Gasteiger partial charge in [-0.05, 0) is 37.1 Å². The van der Waals surface area contributed by atoms with Gasteiger partial charge in [-0.1, -0.05) is 54.9 Å². The van der Waals surface area contributed by atoms with Gasteiger partial charge in [0, 0.05) is 11.3 Å². The van der Waals surface area contributed by atoms with E-state index in [9.17, 15) is 9.59 Å². The van der Waals surface area contributed by atoms with Crippen molar-refractivity contribution in [3.05, 3.63) is 60.2 Å². The van der Waals surface area contributed by atoms with Crippen LogP contribution in [-0.4, -0.2) is 59.3 Å². The van der Waals surface area contributed by atoms with Gasteiger partial charge in [0.05, 0.1) is 31.9 Å². The van der Waals surface area contributed by atoms with Crippen molar-refractivity contribution in [3.8, 4) is 5.75 Å². The number of methoxy groups -OCH3 is 3. The van der Waals surface area contributed by atoms with Crippen LogP contribution in [0.5, 0.6) is 5.75 Å². The topological polar surface area (TPSA) is 77.4 Å². The molecule has 2 spiro atoms. The van der Waals surface area contributed by atoms with Crippen LogP contribution in [0.15, 0.2) is 59.6 Å². The van der Waals surface area contributed by atoms with E-state index in [0.29, 0.717) is 5.75 Å². The third kappa shape index (κ3) is 3.80. The molecule has 2 aromatic carbocycles. The molecular weight excluding hydrogens is 484 g/mol. The van der Waals surface area contributed by atoms with Gasteiger partial charge in [0.25, 0.3) is 0 Å². The SMILES string of the molecule is COC(=O)[C@@H]1S[C@]2(SC(c3ccccc3)=NC23CCCC3)[C@@H](C(=O)OC)N1c1ccc(OC)cc1. The van der Waals surface area contributed by atoms with Crippen molar-refractivity contribution >= 4 is 46.2 Å². The molecule has 1 saturated heterocycles. The molecule has 2 aliphatic heterocycles. The average Bonchev–Trinajstić information content (AvgIpc) is 3.61. The van der Waals surface area contributed by atoms with Gasteiger partial charge in [-0.3, -0.25) is 4.99 Å². The molecule has 9 heteroatoms. The van der Waals surface area contributed by atoms with E-state index in [1.807, 2.05) is 59.5 Å². The monoisotopic (exact) mass is 512 g/mol. The maximum absolute atomic E-state index is 13.6. The van der Waals surface area contributed by atoms with E-state index in [1.54, 1.807) is 18.9 Å². The number of hydrogen-bond donors (Lipinski definition) is 0. The fraction of sp³-hybridized carbons (Fsp3) is 0.423. The molecule has 0 amide bonds. The molecule has 2 fully saturated rings. The standard InChI is InChI=1S/C26H28N2O5S2/c1-31-19-13-11-18(12-14-19)28-20(23(29)32-2)26(35-22(28)24(30)33-3)25(15-7-8-16-25)27-21(34-26)17-9-5-4-6-10-17/h4-6,9-14,20,22H,7-8,15-16H2,1-3H3/t20-,22+,26-/m1/s1. The lowest BCUT2D eigenvalue weighted by atomic mass is 9.87. The van der Waals surface area contributed by atoms with Crippen molar-refractivity contribution in [1.82, 2.24) is 0 Å². The van der Waals surface area contributed by atoms with Gasteiger partial charge < -0.3 is 19.1 Å². The lowest BCUT2D eigenvalue weighted by molar-refractivity contribution is -0.143. The summed E-state index contributed by atoms with van der Waals surface area (Å²) in [5.74, 6) is -0.0988. The van der Waals surface area contributed by atoms with Gasteiger partial charge in [0.2, 0.25) is 0 Å². The molecule has 0 aromatic heterocycles. The number of hydrogen-bond acceptors (Lipinski definition) is 9. The smallest absolute Gasteiger partial charge is 0.339 e. The van der Waals surface area contributed by atoms with E-state index >= 15 is 0 Å². The molecule has 1 saturated carbocycles. The number of esters is 2. The molecule has 0 bridgehead atoms. The van der Waals surface area contributed by atoms with Gasteiger partial charge >= 0.3 is 11.9 Å². The zero-order valence-electron chi connectivity index (χ0n) is 19.9.